The molecule has 2 heterocycles. The Morgan fingerprint density at radius 3 is 2.53 bits per heavy atom. The lowest BCUT2D eigenvalue weighted by Gasteiger charge is -2.09. The lowest BCUT2D eigenvalue weighted by atomic mass is 10.0. The van der Waals surface area contributed by atoms with Crippen molar-refractivity contribution < 1.29 is 4.79 Å². The largest absolute Gasteiger partial charge is 0.350 e. The number of carbonyl (C=O) groups is 1. The van der Waals surface area contributed by atoms with Crippen LogP contribution in [-0.4, -0.2) is 21.8 Å². The minimum absolute atomic E-state index is 0.232. The van der Waals surface area contributed by atoms with Crippen molar-refractivity contribution in [2.45, 2.75) is 33.4 Å². The third-order valence-corrected chi connectivity index (χ3v) is 4.17. The highest BCUT2D eigenvalue weighted by Crippen LogP contribution is 2.30. The standard InChI is InChI=1S/C16H20N2O/c1-4-16(19)14-10-17(3)15-7-12-9-18(5-2)8-11(12)6-13(14)15/h6-7,10H,4-5,8-9H2,1-3H3. The fourth-order valence-corrected chi connectivity index (χ4v) is 2.98. The van der Waals surface area contributed by atoms with Crippen molar-refractivity contribution in [3.05, 3.63) is 35.0 Å². The molecule has 100 valence electrons. The quantitative estimate of drug-likeness (QED) is 0.788. The molecule has 0 saturated carbocycles. The van der Waals surface area contributed by atoms with Crippen LogP contribution in [0.1, 0.15) is 41.8 Å². The van der Waals surface area contributed by atoms with E-state index in [1.165, 1.54) is 16.6 Å². The monoisotopic (exact) mass is 256 g/mol. The second kappa shape index (κ2) is 4.49. The van der Waals surface area contributed by atoms with Crippen molar-refractivity contribution >= 4 is 16.7 Å². The van der Waals surface area contributed by atoms with Crippen LogP contribution in [0.25, 0.3) is 10.9 Å². The number of hydrogen-bond donors (Lipinski definition) is 0. The molecule has 3 heteroatoms. The number of carbonyl (C=O) groups excluding carboxylic acids is 1. The average molecular weight is 256 g/mol. The van der Waals surface area contributed by atoms with E-state index in [0.29, 0.717) is 6.42 Å². The molecule has 0 unspecified atom stereocenters. The molecule has 0 N–H and O–H groups in total. The molecule has 1 aliphatic rings. The molecule has 0 spiro atoms. The normalized spacial score (nSPS) is 15.1. The first-order valence-electron chi connectivity index (χ1n) is 7.00. The molecule has 0 radical (unpaired) electrons. The lowest BCUT2D eigenvalue weighted by Crippen LogP contribution is -2.14. The van der Waals surface area contributed by atoms with E-state index in [4.69, 9.17) is 0 Å². The first-order chi connectivity index (χ1) is 9.13. The number of hydrogen-bond acceptors (Lipinski definition) is 2. The first kappa shape index (κ1) is 12.4. The summed E-state index contributed by atoms with van der Waals surface area (Å²) in [6.07, 6.45) is 2.54. The summed E-state index contributed by atoms with van der Waals surface area (Å²) in [7, 11) is 2.02. The molecule has 0 amide bonds. The maximum Gasteiger partial charge on any atom is 0.164 e. The Balaban J connectivity index is 2.17. The fraction of sp³-hybridized carbons (Fsp3) is 0.438. The molecule has 1 aliphatic heterocycles. The topological polar surface area (TPSA) is 25.2 Å². The van der Waals surface area contributed by atoms with Gasteiger partial charge in [0.15, 0.2) is 5.78 Å². The van der Waals surface area contributed by atoms with Crippen molar-refractivity contribution in [2.24, 2.45) is 7.05 Å². The zero-order valence-electron chi connectivity index (χ0n) is 11.9. The van der Waals surface area contributed by atoms with Gasteiger partial charge in [0.25, 0.3) is 0 Å². The summed E-state index contributed by atoms with van der Waals surface area (Å²) >= 11 is 0. The second-order valence-electron chi connectivity index (χ2n) is 5.37. The fourth-order valence-electron chi connectivity index (χ4n) is 2.98. The van der Waals surface area contributed by atoms with Crippen LogP contribution in [0.2, 0.25) is 0 Å². The molecular weight excluding hydrogens is 236 g/mol. The smallest absolute Gasteiger partial charge is 0.164 e. The molecule has 0 fully saturated rings. The number of ketones is 1. The van der Waals surface area contributed by atoms with Crippen molar-refractivity contribution in [1.29, 1.82) is 0 Å². The number of nitrogens with zero attached hydrogens (tertiary/aromatic N) is 2. The van der Waals surface area contributed by atoms with Gasteiger partial charge in [-0.05, 0) is 29.8 Å². The van der Waals surface area contributed by atoms with Gasteiger partial charge in [0.05, 0.1) is 0 Å². The molecule has 3 rings (SSSR count). The Bertz CT molecular complexity index is 654. The highest BCUT2D eigenvalue weighted by atomic mass is 16.1. The Morgan fingerprint density at radius 1 is 1.21 bits per heavy atom. The van der Waals surface area contributed by atoms with Gasteiger partial charge in [-0.3, -0.25) is 9.69 Å². The molecular formula is C16H20N2O. The molecule has 1 aromatic carbocycles. The maximum absolute atomic E-state index is 12.0. The zero-order chi connectivity index (χ0) is 13.6. The Morgan fingerprint density at radius 2 is 1.89 bits per heavy atom. The van der Waals surface area contributed by atoms with Gasteiger partial charge < -0.3 is 4.57 Å². The van der Waals surface area contributed by atoms with E-state index in [2.05, 4.69) is 28.5 Å². The Labute approximate surface area is 113 Å². The van der Waals surface area contributed by atoms with Crippen molar-refractivity contribution in [1.82, 2.24) is 9.47 Å². The van der Waals surface area contributed by atoms with Crippen LogP contribution < -0.4 is 0 Å². The van der Waals surface area contributed by atoms with Crippen LogP contribution in [0.15, 0.2) is 18.3 Å². The number of fused-ring (bicyclic) bond motifs is 2. The Hall–Kier alpha value is -1.61. The van der Waals surface area contributed by atoms with Crippen molar-refractivity contribution in [3.63, 3.8) is 0 Å². The lowest BCUT2D eigenvalue weighted by molar-refractivity contribution is 0.0989. The van der Waals surface area contributed by atoms with Gasteiger partial charge in [-0.25, -0.2) is 0 Å². The van der Waals surface area contributed by atoms with Crippen LogP contribution in [0.3, 0.4) is 0 Å². The van der Waals surface area contributed by atoms with E-state index in [1.807, 2.05) is 20.2 Å². The molecule has 19 heavy (non-hydrogen) atoms. The van der Waals surface area contributed by atoms with Gasteiger partial charge in [0.2, 0.25) is 0 Å². The number of Topliss-reactive ketones (excluding diaryl/α,β-unsaturated/α-hetero) is 1. The summed E-state index contributed by atoms with van der Waals surface area (Å²) in [5.41, 5.74) is 4.84. The molecule has 2 aromatic rings. The summed E-state index contributed by atoms with van der Waals surface area (Å²) < 4.78 is 2.08. The van der Waals surface area contributed by atoms with E-state index in [9.17, 15) is 4.79 Å². The third-order valence-electron chi connectivity index (χ3n) is 4.17. The van der Waals surface area contributed by atoms with Crippen LogP contribution in [0.5, 0.6) is 0 Å². The van der Waals surface area contributed by atoms with Crippen LogP contribution in [-0.2, 0) is 20.1 Å². The van der Waals surface area contributed by atoms with Crippen LogP contribution in [0, 0.1) is 0 Å². The second-order valence-corrected chi connectivity index (χ2v) is 5.37. The number of benzene rings is 1. The Kier molecular flexibility index (Phi) is 2.94. The van der Waals surface area contributed by atoms with E-state index >= 15 is 0 Å². The first-order valence-corrected chi connectivity index (χ1v) is 7.00. The molecule has 0 saturated heterocycles. The van der Waals surface area contributed by atoms with Crippen LogP contribution in [0.4, 0.5) is 0 Å². The van der Waals surface area contributed by atoms with Crippen LogP contribution >= 0.6 is 0 Å². The third kappa shape index (κ3) is 1.89. The average Bonchev–Trinajstić information content (AvgIpc) is 2.97. The van der Waals surface area contributed by atoms with E-state index in [0.717, 1.165) is 30.6 Å². The van der Waals surface area contributed by atoms with E-state index < -0.39 is 0 Å². The summed E-state index contributed by atoms with van der Waals surface area (Å²) in [6, 6.07) is 4.48. The predicted octanol–water partition coefficient (Wildman–Crippen LogP) is 3.11. The zero-order valence-corrected chi connectivity index (χ0v) is 11.9. The maximum atomic E-state index is 12.0. The van der Waals surface area contributed by atoms with E-state index in [1.54, 1.807) is 0 Å². The molecule has 0 bridgehead atoms. The van der Waals surface area contributed by atoms with Gasteiger partial charge in [-0.1, -0.05) is 13.8 Å². The highest BCUT2D eigenvalue weighted by Gasteiger charge is 2.21. The number of aryl methyl sites for hydroxylation is 1. The van der Waals surface area contributed by atoms with Gasteiger partial charge in [-0.2, -0.15) is 0 Å². The molecule has 0 aliphatic carbocycles. The van der Waals surface area contributed by atoms with Gasteiger partial charge in [0.1, 0.15) is 0 Å². The SMILES string of the molecule is CCC(=O)c1cn(C)c2cc3c(cc12)CN(CC)C3. The summed E-state index contributed by atoms with van der Waals surface area (Å²) in [5.74, 6) is 0.232. The van der Waals surface area contributed by atoms with Gasteiger partial charge >= 0.3 is 0 Å². The minimum Gasteiger partial charge on any atom is -0.350 e. The number of rotatable bonds is 3. The summed E-state index contributed by atoms with van der Waals surface area (Å²) in [6.45, 7) is 7.23. The van der Waals surface area contributed by atoms with E-state index in [-0.39, 0.29) is 5.78 Å². The number of aromatic nitrogens is 1. The minimum atomic E-state index is 0.232. The van der Waals surface area contributed by atoms with Gasteiger partial charge in [-0.15, -0.1) is 0 Å². The molecule has 3 nitrogen and oxygen atoms in total. The van der Waals surface area contributed by atoms with Gasteiger partial charge in [0, 0.05) is 49.2 Å². The molecule has 0 atom stereocenters. The highest BCUT2D eigenvalue weighted by molar-refractivity contribution is 6.08. The summed E-state index contributed by atoms with van der Waals surface area (Å²) in [4.78, 5) is 14.5. The summed E-state index contributed by atoms with van der Waals surface area (Å²) in [5, 5.41) is 1.12. The predicted molar refractivity (Wildman–Crippen MR) is 77.3 cm³/mol. The van der Waals surface area contributed by atoms with Crippen molar-refractivity contribution in [2.75, 3.05) is 6.54 Å². The van der Waals surface area contributed by atoms with Crippen molar-refractivity contribution in [3.8, 4) is 0 Å². The molecule has 1 aromatic heterocycles.